The number of carboxylic acid groups (broad SMARTS) is 1. The van der Waals surface area contributed by atoms with Crippen molar-refractivity contribution in [2.75, 3.05) is 0 Å². The van der Waals surface area contributed by atoms with Crippen LogP contribution in [0.2, 0.25) is 0 Å². The minimum atomic E-state index is -1.21. The number of aromatic carboxylic acids is 1. The average Bonchev–Trinajstić information content (AvgIpc) is 2.68. The summed E-state index contributed by atoms with van der Waals surface area (Å²) in [5.41, 5.74) is 1.04. The summed E-state index contributed by atoms with van der Waals surface area (Å²) in [6.45, 7) is 4.01. The quantitative estimate of drug-likeness (QED) is 0.820. The highest BCUT2D eigenvalue weighted by atomic mass is 16.4. The number of hydrogen-bond acceptors (Lipinski definition) is 5. The summed E-state index contributed by atoms with van der Waals surface area (Å²) >= 11 is 0. The lowest BCUT2D eigenvalue weighted by atomic mass is 9.76. The second-order valence-electron chi connectivity index (χ2n) is 5.53. The van der Waals surface area contributed by atoms with Crippen LogP contribution < -0.4 is 0 Å². The Morgan fingerprint density at radius 1 is 1.37 bits per heavy atom. The number of hydrogen-bond donors (Lipinski definition) is 1. The summed E-state index contributed by atoms with van der Waals surface area (Å²) in [6.07, 6.45) is 2.64. The van der Waals surface area contributed by atoms with Crippen molar-refractivity contribution in [3.63, 3.8) is 0 Å². The molecule has 0 aliphatic heterocycles. The summed E-state index contributed by atoms with van der Waals surface area (Å²) < 4.78 is 1.25. The molecule has 0 saturated carbocycles. The average molecular weight is 260 g/mol. The second kappa shape index (κ2) is 3.59. The molecule has 0 fully saturated rings. The normalized spacial score (nSPS) is 17.5. The largest absolute Gasteiger partial charge is 0.475 e. The first-order chi connectivity index (χ1) is 8.85. The van der Waals surface area contributed by atoms with Crippen LogP contribution in [-0.2, 0) is 6.42 Å². The number of carboxylic acids is 1. The van der Waals surface area contributed by atoms with Crippen molar-refractivity contribution in [2.45, 2.75) is 26.7 Å². The van der Waals surface area contributed by atoms with E-state index in [-0.39, 0.29) is 22.8 Å². The zero-order valence-electron chi connectivity index (χ0n) is 10.5. The first-order valence-corrected chi connectivity index (χ1v) is 5.88. The summed E-state index contributed by atoms with van der Waals surface area (Å²) in [4.78, 5) is 31.0. The van der Waals surface area contributed by atoms with Crippen LogP contribution in [0.25, 0.3) is 5.78 Å². The van der Waals surface area contributed by atoms with E-state index >= 15 is 0 Å². The maximum atomic E-state index is 12.1. The molecule has 0 saturated heterocycles. The molecule has 98 valence electrons. The van der Waals surface area contributed by atoms with E-state index in [1.807, 2.05) is 13.8 Å². The molecular weight excluding hydrogens is 248 g/mol. The van der Waals surface area contributed by atoms with Gasteiger partial charge < -0.3 is 5.11 Å². The summed E-state index contributed by atoms with van der Waals surface area (Å²) in [5.74, 6) is -1.31. The Bertz CT molecular complexity index is 717. The van der Waals surface area contributed by atoms with Crippen molar-refractivity contribution in [3.8, 4) is 0 Å². The van der Waals surface area contributed by atoms with Gasteiger partial charge in [0.05, 0.1) is 11.3 Å². The molecule has 1 aliphatic carbocycles. The molecule has 0 bridgehead atoms. The van der Waals surface area contributed by atoms with Crippen LogP contribution >= 0.6 is 0 Å². The van der Waals surface area contributed by atoms with E-state index < -0.39 is 5.97 Å². The van der Waals surface area contributed by atoms with E-state index in [1.54, 1.807) is 0 Å². The molecule has 0 unspecified atom stereocenters. The van der Waals surface area contributed by atoms with Crippen LogP contribution in [0.1, 0.15) is 46.9 Å². The van der Waals surface area contributed by atoms with Gasteiger partial charge in [0.15, 0.2) is 5.78 Å². The zero-order chi connectivity index (χ0) is 13.8. The third kappa shape index (κ3) is 1.87. The fourth-order valence-electron chi connectivity index (χ4n) is 2.36. The van der Waals surface area contributed by atoms with Crippen LogP contribution in [-0.4, -0.2) is 36.4 Å². The van der Waals surface area contributed by atoms with Crippen molar-refractivity contribution in [2.24, 2.45) is 5.41 Å². The highest BCUT2D eigenvalue weighted by Gasteiger charge is 2.32. The Hall–Kier alpha value is -2.31. The summed E-state index contributed by atoms with van der Waals surface area (Å²) in [5, 5.41) is 12.6. The number of Topliss-reactive ketones (excluding diaryl/α,β-unsaturated/α-hetero) is 1. The van der Waals surface area contributed by atoms with Crippen molar-refractivity contribution in [1.29, 1.82) is 0 Å². The Labute approximate surface area is 108 Å². The van der Waals surface area contributed by atoms with E-state index in [1.165, 1.54) is 10.7 Å². The van der Waals surface area contributed by atoms with Gasteiger partial charge in [-0.25, -0.2) is 14.3 Å². The zero-order valence-corrected chi connectivity index (χ0v) is 10.5. The molecule has 0 spiro atoms. The van der Waals surface area contributed by atoms with Crippen molar-refractivity contribution in [1.82, 2.24) is 19.6 Å². The minimum absolute atomic E-state index is 0.00743. The lowest BCUT2D eigenvalue weighted by Gasteiger charge is -2.28. The minimum Gasteiger partial charge on any atom is -0.475 e. The Morgan fingerprint density at radius 2 is 2.11 bits per heavy atom. The lowest BCUT2D eigenvalue weighted by Crippen LogP contribution is -2.28. The maximum Gasteiger partial charge on any atom is 0.375 e. The van der Waals surface area contributed by atoms with Crippen LogP contribution in [0.3, 0.4) is 0 Å². The number of nitrogens with zero attached hydrogens (tertiary/aromatic N) is 4. The van der Waals surface area contributed by atoms with E-state index in [0.29, 0.717) is 24.1 Å². The molecule has 7 nitrogen and oxygen atoms in total. The first kappa shape index (κ1) is 11.8. The molecule has 19 heavy (non-hydrogen) atoms. The summed E-state index contributed by atoms with van der Waals surface area (Å²) in [6, 6.07) is 0. The van der Waals surface area contributed by atoms with Gasteiger partial charge in [-0.15, -0.1) is 5.10 Å². The van der Waals surface area contributed by atoms with E-state index in [2.05, 4.69) is 15.1 Å². The highest BCUT2D eigenvalue weighted by molar-refractivity contribution is 5.98. The molecule has 1 N–H and O–H groups in total. The van der Waals surface area contributed by atoms with Gasteiger partial charge in [0.1, 0.15) is 0 Å². The van der Waals surface area contributed by atoms with Crippen molar-refractivity contribution >= 4 is 17.5 Å². The molecule has 2 heterocycles. The molecular formula is C12H12N4O3. The molecule has 2 aromatic heterocycles. The number of carbonyl (C=O) groups is 2. The molecule has 0 amide bonds. The lowest BCUT2D eigenvalue weighted by molar-refractivity contribution is 0.0683. The predicted octanol–water partition coefficient (Wildman–Crippen LogP) is 0.978. The molecule has 2 aromatic rings. The Kier molecular flexibility index (Phi) is 2.23. The number of rotatable bonds is 1. The van der Waals surface area contributed by atoms with E-state index in [4.69, 9.17) is 5.11 Å². The van der Waals surface area contributed by atoms with Gasteiger partial charge in [0.25, 0.3) is 11.6 Å². The molecule has 0 atom stereocenters. The molecule has 1 aliphatic rings. The van der Waals surface area contributed by atoms with Crippen LogP contribution in [0.4, 0.5) is 0 Å². The maximum absolute atomic E-state index is 12.1. The van der Waals surface area contributed by atoms with Gasteiger partial charge >= 0.3 is 5.97 Å². The fourth-order valence-corrected chi connectivity index (χ4v) is 2.36. The Morgan fingerprint density at radius 3 is 2.79 bits per heavy atom. The second-order valence-corrected chi connectivity index (χ2v) is 5.53. The molecule has 7 heteroatoms. The number of fused-ring (bicyclic) bond motifs is 2. The van der Waals surface area contributed by atoms with E-state index in [0.717, 1.165) is 0 Å². The van der Waals surface area contributed by atoms with Gasteiger partial charge in [0, 0.05) is 12.6 Å². The van der Waals surface area contributed by atoms with Gasteiger partial charge in [-0.3, -0.25) is 4.79 Å². The van der Waals surface area contributed by atoms with Crippen molar-refractivity contribution in [3.05, 3.63) is 23.3 Å². The number of ketones is 1. The standard InChI is InChI=1S/C12H12N4O3/c1-12(2)3-7-6(8(17)4-12)5-16-11(13-7)14-9(15-16)10(18)19/h5H,3-4H2,1-2H3,(H,18,19). The topological polar surface area (TPSA) is 97.5 Å². The van der Waals surface area contributed by atoms with E-state index in [9.17, 15) is 9.59 Å². The Balaban J connectivity index is 2.20. The highest BCUT2D eigenvalue weighted by Crippen LogP contribution is 2.33. The van der Waals surface area contributed by atoms with Gasteiger partial charge in [-0.1, -0.05) is 13.8 Å². The van der Waals surface area contributed by atoms with Crippen LogP contribution in [0.15, 0.2) is 6.20 Å². The van der Waals surface area contributed by atoms with Crippen LogP contribution in [0, 0.1) is 5.41 Å². The SMILES string of the molecule is CC1(C)CC(=O)c2cn3nc(C(=O)O)nc3nc2C1. The first-order valence-electron chi connectivity index (χ1n) is 5.88. The van der Waals surface area contributed by atoms with Gasteiger partial charge in [0.2, 0.25) is 0 Å². The van der Waals surface area contributed by atoms with Gasteiger partial charge in [-0.2, -0.15) is 4.98 Å². The monoisotopic (exact) mass is 260 g/mol. The van der Waals surface area contributed by atoms with Crippen LogP contribution in [0.5, 0.6) is 0 Å². The van der Waals surface area contributed by atoms with Crippen molar-refractivity contribution < 1.29 is 14.7 Å². The molecule has 0 radical (unpaired) electrons. The fraction of sp³-hybridized carbons (Fsp3) is 0.417. The van der Waals surface area contributed by atoms with Gasteiger partial charge in [-0.05, 0) is 11.8 Å². The third-order valence-electron chi connectivity index (χ3n) is 3.19. The molecule has 0 aromatic carbocycles. The number of aromatic nitrogens is 4. The number of carbonyl (C=O) groups excluding carboxylic acids is 1. The smallest absolute Gasteiger partial charge is 0.375 e. The third-order valence-corrected chi connectivity index (χ3v) is 3.19. The molecule has 3 rings (SSSR count). The predicted molar refractivity (Wildman–Crippen MR) is 64.2 cm³/mol. The summed E-state index contributed by atoms with van der Waals surface area (Å²) in [7, 11) is 0.